The number of benzene rings is 2. The number of rotatable bonds is 2. The highest BCUT2D eigenvalue weighted by Gasteiger charge is 2.31. The van der Waals surface area contributed by atoms with Crippen molar-refractivity contribution in [3.8, 4) is 11.5 Å². The molecule has 2 amide bonds. The van der Waals surface area contributed by atoms with Gasteiger partial charge >= 0.3 is 11.8 Å². The van der Waals surface area contributed by atoms with E-state index >= 15 is 0 Å². The molecule has 2 aromatic carbocycles. The summed E-state index contributed by atoms with van der Waals surface area (Å²) in [5.74, 6) is 0.469. The van der Waals surface area contributed by atoms with Crippen LogP contribution in [-0.2, 0) is 35.5 Å². The maximum atomic E-state index is 12.9. The number of carbonyl (C=O) groups excluding carboxylic acids is 2. The fraction of sp³-hybridized carbons (Fsp3) is 0.364. The smallest absolute Gasteiger partial charge is 0.312 e. The van der Waals surface area contributed by atoms with Crippen molar-refractivity contribution in [2.75, 3.05) is 27.3 Å². The summed E-state index contributed by atoms with van der Waals surface area (Å²) in [5.41, 5.74) is 4.50. The van der Waals surface area contributed by atoms with E-state index in [9.17, 15) is 9.59 Å². The molecule has 6 nitrogen and oxygen atoms in total. The number of carbonyl (C=O) groups is 2. The summed E-state index contributed by atoms with van der Waals surface area (Å²) >= 11 is 0. The van der Waals surface area contributed by atoms with E-state index < -0.39 is 11.8 Å². The zero-order chi connectivity index (χ0) is 19.7. The van der Waals surface area contributed by atoms with Gasteiger partial charge in [-0.05, 0) is 47.2 Å². The standard InChI is InChI=1S/C22H24N2O4/c1-27-19-11-16-8-10-24(14-18(16)12-20(19)28-2)22(26)21(25)23-9-7-15-5-3-4-6-17(15)13-23/h3-6,11-12H,7-10,13-14H2,1-2H3. The lowest BCUT2D eigenvalue weighted by Gasteiger charge is -2.33. The minimum Gasteiger partial charge on any atom is -0.493 e. The van der Waals surface area contributed by atoms with E-state index in [1.54, 1.807) is 24.0 Å². The molecule has 4 rings (SSSR count). The molecule has 0 saturated carbocycles. The molecule has 2 aromatic rings. The van der Waals surface area contributed by atoms with E-state index in [1.807, 2.05) is 30.3 Å². The molecule has 146 valence electrons. The van der Waals surface area contributed by atoms with Crippen LogP contribution in [0.15, 0.2) is 36.4 Å². The van der Waals surface area contributed by atoms with Gasteiger partial charge in [-0.1, -0.05) is 24.3 Å². The molecular weight excluding hydrogens is 356 g/mol. The van der Waals surface area contributed by atoms with Crippen molar-refractivity contribution >= 4 is 11.8 Å². The van der Waals surface area contributed by atoms with E-state index in [2.05, 4.69) is 6.07 Å². The summed E-state index contributed by atoms with van der Waals surface area (Å²) in [6, 6.07) is 11.9. The lowest BCUT2D eigenvalue weighted by atomic mass is 9.98. The first-order valence-electron chi connectivity index (χ1n) is 9.49. The van der Waals surface area contributed by atoms with Gasteiger partial charge < -0.3 is 19.3 Å². The summed E-state index contributed by atoms with van der Waals surface area (Å²) in [7, 11) is 3.20. The van der Waals surface area contributed by atoms with Crippen LogP contribution in [0.4, 0.5) is 0 Å². The second kappa shape index (κ2) is 7.54. The van der Waals surface area contributed by atoms with Gasteiger partial charge in [0, 0.05) is 26.2 Å². The van der Waals surface area contributed by atoms with Gasteiger partial charge in [0.1, 0.15) is 0 Å². The predicted molar refractivity (Wildman–Crippen MR) is 104 cm³/mol. The Morgan fingerprint density at radius 1 is 0.750 bits per heavy atom. The van der Waals surface area contributed by atoms with Crippen molar-refractivity contribution in [1.29, 1.82) is 0 Å². The average Bonchev–Trinajstić information content (AvgIpc) is 2.76. The Bertz CT molecular complexity index is 925. The zero-order valence-electron chi connectivity index (χ0n) is 16.2. The summed E-state index contributed by atoms with van der Waals surface area (Å²) in [6.07, 6.45) is 1.48. The summed E-state index contributed by atoms with van der Waals surface area (Å²) in [6.45, 7) is 2.01. The maximum absolute atomic E-state index is 12.9. The lowest BCUT2D eigenvalue weighted by molar-refractivity contribution is -0.153. The number of nitrogens with zero attached hydrogens (tertiary/aromatic N) is 2. The third-order valence-electron chi connectivity index (χ3n) is 5.61. The molecule has 2 aliphatic heterocycles. The van der Waals surface area contributed by atoms with Crippen LogP contribution in [0.5, 0.6) is 11.5 Å². The minimum atomic E-state index is -0.431. The SMILES string of the molecule is COc1cc2c(cc1OC)CN(C(=O)C(=O)N1CCc3ccccc3C1)CC2. The van der Waals surface area contributed by atoms with Gasteiger partial charge in [0.2, 0.25) is 0 Å². The molecule has 0 atom stereocenters. The molecule has 0 spiro atoms. The number of methoxy groups -OCH3 is 2. The van der Waals surface area contributed by atoms with E-state index in [0.717, 1.165) is 23.1 Å². The molecule has 28 heavy (non-hydrogen) atoms. The van der Waals surface area contributed by atoms with Gasteiger partial charge in [-0.25, -0.2) is 0 Å². The van der Waals surface area contributed by atoms with E-state index in [4.69, 9.17) is 9.47 Å². The second-order valence-electron chi connectivity index (χ2n) is 7.20. The first-order valence-corrected chi connectivity index (χ1v) is 9.49. The van der Waals surface area contributed by atoms with Crippen molar-refractivity contribution in [1.82, 2.24) is 9.80 Å². The molecule has 2 heterocycles. The van der Waals surface area contributed by atoms with Gasteiger partial charge in [0.25, 0.3) is 0 Å². The lowest BCUT2D eigenvalue weighted by Crippen LogP contribution is -2.48. The molecule has 2 aliphatic rings. The highest BCUT2D eigenvalue weighted by Crippen LogP contribution is 2.33. The molecule has 0 unspecified atom stereocenters. The summed E-state index contributed by atoms with van der Waals surface area (Å²) < 4.78 is 10.7. The first kappa shape index (κ1) is 18.3. The maximum Gasteiger partial charge on any atom is 0.312 e. The van der Waals surface area contributed by atoms with Crippen LogP contribution >= 0.6 is 0 Å². The number of hydrogen-bond acceptors (Lipinski definition) is 4. The zero-order valence-corrected chi connectivity index (χ0v) is 16.2. The molecule has 0 radical (unpaired) electrons. The van der Waals surface area contributed by atoms with Gasteiger partial charge in [-0.15, -0.1) is 0 Å². The normalized spacial score (nSPS) is 15.5. The Morgan fingerprint density at radius 3 is 1.86 bits per heavy atom. The van der Waals surface area contributed by atoms with Crippen LogP contribution in [0.25, 0.3) is 0 Å². The number of hydrogen-bond donors (Lipinski definition) is 0. The van der Waals surface area contributed by atoms with Gasteiger partial charge in [-0.2, -0.15) is 0 Å². The molecule has 6 heteroatoms. The second-order valence-corrected chi connectivity index (χ2v) is 7.20. The van der Waals surface area contributed by atoms with Crippen LogP contribution in [-0.4, -0.2) is 48.9 Å². The van der Waals surface area contributed by atoms with Gasteiger partial charge in [0.15, 0.2) is 11.5 Å². The molecule has 0 bridgehead atoms. The van der Waals surface area contributed by atoms with Crippen molar-refractivity contribution in [3.05, 3.63) is 58.7 Å². The molecule has 0 N–H and O–H groups in total. The Labute approximate surface area is 164 Å². The van der Waals surface area contributed by atoms with Crippen LogP contribution in [0, 0.1) is 0 Å². The van der Waals surface area contributed by atoms with E-state index in [0.29, 0.717) is 44.1 Å². The summed E-state index contributed by atoms with van der Waals surface area (Å²) in [4.78, 5) is 29.0. The molecule has 0 aromatic heterocycles. The number of fused-ring (bicyclic) bond motifs is 2. The minimum absolute atomic E-state index is 0.407. The van der Waals surface area contributed by atoms with Crippen molar-refractivity contribution in [3.63, 3.8) is 0 Å². The molecule has 0 aliphatic carbocycles. The monoisotopic (exact) mass is 380 g/mol. The van der Waals surface area contributed by atoms with Crippen molar-refractivity contribution in [2.45, 2.75) is 25.9 Å². The van der Waals surface area contributed by atoms with E-state index in [1.165, 1.54) is 5.56 Å². The van der Waals surface area contributed by atoms with Gasteiger partial charge in [-0.3, -0.25) is 9.59 Å². The molecule has 0 fully saturated rings. The van der Waals surface area contributed by atoms with Crippen LogP contribution < -0.4 is 9.47 Å². The molecule has 0 saturated heterocycles. The topological polar surface area (TPSA) is 59.1 Å². The van der Waals surface area contributed by atoms with Crippen LogP contribution in [0.2, 0.25) is 0 Å². The fourth-order valence-corrected chi connectivity index (χ4v) is 4.00. The largest absolute Gasteiger partial charge is 0.493 e. The Morgan fingerprint density at radius 2 is 1.25 bits per heavy atom. The fourth-order valence-electron chi connectivity index (χ4n) is 4.00. The third kappa shape index (κ3) is 3.30. The summed E-state index contributed by atoms with van der Waals surface area (Å²) in [5, 5.41) is 0. The van der Waals surface area contributed by atoms with Crippen LogP contribution in [0.3, 0.4) is 0 Å². The van der Waals surface area contributed by atoms with Crippen LogP contribution in [0.1, 0.15) is 22.3 Å². The molecular formula is C22H24N2O4. The van der Waals surface area contributed by atoms with Crippen molar-refractivity contribution < 1.29 is 19.1 Å². The van der Waals surface area contributed by atoms with Gasteiger partial charge in [0.05, 0.1) is 14.2 Å². The third-order valence-corrected chi connectivity index (χ3v) is 5.61. The van der Waals surface area contributed by atoms with Crippen molar-refractivity contribution in [2.24, 2.45) is 0 Å². The number of ether oxygens (including phenoxy) is 2. The average molecular weight is 380 g/mol. The Hall–Kier alpha value is -3.02. The quantitative estimate of drug-likeness (QED) is 0.750. The highest BCUT2D eigenvalue weighted by atomic mass is 16.5. The number of amides is 2. The van der Waals surface area contributed by atoms with E-state index in [-0.39, 0.29) is 0 Å². The highest BCUT2D eigenvalue weighted by molar-refractivity contribution is 6.34. The Balaban J connectivity index is 1.48. The predicted octanol–water partition coefficient (Wildman–Crippen LogP) is 2.17. The Kier molecular flexibility index (Phi) is 4.94. The first-order chi connectivity index (χ1) is 13.6.